The lowest BCUT2D eigenvalue weighted by molar-refractivity contribution is -0.132. The maximum atomic E-state index is 13.0. The average Bonchev–Trinajstić information content (AvgIpc) is 3.18. The van der Waals surface area contributed by atoms with Crippen molar-refractivity contribution in [1.29, 1.82) is 0 Å². The summed E-state index contributed by atoms with van der Waals surface area (Å²) in [6.45, 7) is 2.48. The molecular formula is C20H22N4O4. The maximum Gasteiger partial charge on any atom is 0.325 e. The van der Waals surface area contributed by atoms with Crippen molar-refractivity contribution in [2.24, 2.45) is 0 Å². The van der Waals surface area contributed by atoms with Gasteiger partial charge in [0.2, 0.25) is 11.8 Å². The molecule has 4 rings (SSSR count). The van der Waals surface area contributed by atoms with Gasteiger partial charge in [-0.1, -0.05) is 31.5 Å². The number of aromatic amines is 2. The third-order valence-corrected chi connectivity index (χ3v) is 5.87. The van der Waals surface area contributed by atoms with E-state index in [1.54, 1.807) is 4.90 Å². The van der Waals surface area contributed by atoms with Gasteiger partial charge >= 0.3 is 5.69 Å². The van der Waals surface area contributed by atoms with Gasteiger partial charge < -0.3 is 15.2 Å². The first-order chi connectivity index (χ1) is 13.5. The van der Waals surface area contributed by atoms with Crippen LogP contribution >= 0.6 is 0 Å². The summed E-state index contributed by atoms with van der Waals surface area (Å²) in [5.41, 5.74) is 0.0266. The molecule has 0 unspecified atom stereocenters. The first kappa shape index (κ1) is 18.2. The second-order valence-electron chi connectivity index (χ2n) is 7.39. The summed E-state index contributed by atoms with van der Waals surface area (Å²) in [6, 6.07) is 7.36. The highest BCUT2D eigenvalue weighted by molar-refractivity contribution is 6.07. The number of hydrogen-bond acceptors (Lipinski definition) is 4. The molecule has 2 aliphatic rings. The maximum absolute atomic E-state index is 13.0. The zero-order chi connectivity index (χ0) is 19.9. The second-order valence-corrected chi connectivity index (χ2v) is 7.39. The van der Waals surface area contributed by atoms with E-state index in [4.69, 9.17) is 0 Å². The molecule has 1 aromatic heterocycles. The summed E-state index contributed by atoms with van der Waals surface area (Å²) >= 11 is 0. The van der Waals surface area contributed by atoms with Gasteiger partial charge in [-0.3, -0.25) is 19.4 Å². The van der Waals surface area contributed by atoms with Gasteiger partial charge in [0.05, 0.1) is 17.9 Å². The Hall–Kier alpha value is -3.16. The molecule has 1 spiro atoms. The number of amides is 2. The fourth-order valence-corrected chi connectivity index (χ4v) is 4.61. The standard InChI is InChI=1S/C20H22N4O4/c1-2-5-15-20(13-6-3-4-7-14(13)22-18(20)27)8-9-24(15)16(25)10-12-11-21-19(28)23-17(12)26/h3-4,6-7,11,15H,2,5,8-10H2,1H3,(H,22,27)(H2,21,23,26,28)/t15-,20+/m0/s1. The van der Waals surface area contributed by atoms with E-state index >= 15 is 0 Å². The van der Waals surface area contributed by atoms with Gasteiger partial charge in [-0.2, -0.15) is 0 Å². The van der Waals surface area contributed by atoms with E-state index in [0.29, 0.717) is 19.4 Å². The molecule has 3 heterocycles. The molecule has 2 atom stereocenters. The molecule has 28 heavy (non-hydrogen) atoms. The zero-order valence-corrected chi connectivity index (χ0v) is 15.6. The quantitative estimate of drug-likeness (QED) is 0.728. The van der Waals surface area contributed by atoms with Crippen molar-refractivity contribution in [2.75, 3.05) is 11.9 Å². The summed E-state index contributed by atoms with van der Waals surface area (Å²) in [5, 5.41) is 2.97. The van der Waals surface area contributed by atoms with Crippen LogP contribution in [0.25, 0.3) is 0 Å². The van der Waals surface area contributed by atoms with E-state index in [0.717, 1.165) is 17.7 Å². The molecule has 1 fully saturated rings. The number of nitrogens with one attached hydrogen (secondary N) is 3. The SMILES string of the molecule is CCC[C@@H]1N(C(=O)Cc2c[nH]c(=O)[nH]c2=O)CC[C@]12C(=O)Nc1ccccc12. The van der Waals surface area contributed by atoms with Crippen molar-refractivity contribution in [2.45, 2.75) is 44.1 Å². The summed E-state index contributed by atoms with van der Waals surface area (Å²) in [7, 11) is 0. The highest BCUT2D eigenvalue weighted by Crippen LogP contribution is 2.49. The number of nitrogens with zero attached hydrogens (tertiary/aromatic N) is 1. The summed E-state index contributed by atoms with van der Waals surface area (Å²) in [6.07, 6.45) is 3.22. The van der Waals surface area contributed by atoms with Crippen LogP contribution in [0.4, 0.5) is 5.69 Å². The van der Waals surface area contributed by atoms with E-state index in [1.165, 1.54) is 6.20 Å². The van der Waals surface area contributed by atoms with Gasteiger partial charge in [-0.15, -0.1) is 0 Å². The molecule has 2 aromatic rings. The van der Waals surface area contributed by atoms with Crippen LogP contribution in [0.5, 0.6) is 0 Å². The molecule has 0 bridgehead atoms. The topological polar surface area (TPSA) is 115 Å². The number of fused-ring (bicyclic) bond motifs is 2. The van der Waals surface area contributed by atoms with Crippen LogP contribution in [0, 0.1) is 0 Å². The van der Waals surface area contributed by atoms with Crippen molar-refractivity contribution >= 4 is 17.5 Å². The molecule has 2 amide bonds. The van der Waals surface area contributed by atoms with Gasteiger partial charge in [0.25, 0.3) is 5.56 Å². The Labute approximate surface area is 161 Å². The van der Waals surface area contributed by atoms with Crippen LogP contribution in [0.1, 0.15) is 37.3 Å². The van der Waals surface area contributed by atoms with E-state index in [9.17, 15) is 19.2 Å². The molecule has 2 aliphatic heterocycles. The van der Waals surface area contributed by atoms with Crippen LogP contribution in [0.3, 0.4) is 0 Å². The molecule has 3 N–H and O–H groups in total. The number of carbonyl (C=O) groups is 2. The molecule has 8 heteroatoms. The van der Waals surface area contributed by atoms with E-state index < -0.39 is 16.7 Å². The minimum absolute atomic E-state index is 0.0654. The Morgan fingerprint density at radius 1 is 1.25 bits per heavy atom. The number of benzene rings is 1. The highest BCUT2D eigenvalue weighted by Gasteiger charge is 2.58. The highest BCUT2D eigenvalue weighted by atomic mass is 16.2. The van der Waals surface area contributed by atoms with Gasteiger partial charge in [0.1, 0.15) is 0 Å². The van der Waals surface area contributed by atoms with Crippen molar-refractivity contribution in [3.8, 4) is 0 Å². The third kappa shape index (κ3) is 2.67. The lowest BCUT2D eigenvalue weighted by Crippen LogP contribution is -2.49. The van der Waals surface area contributed by atoms with Crippen molar-refractivity contribution in [1.82, 2.24) is 14.9 Å². The van der Waals surface area contributed by atoms with Crippen molar-refractivity contribution < 1.29 is 9.59 Å². The molecule has 0 radical (unpaired) electrons. The van der Waals surface area contributed by atoms with Crippen LogP contribution in [0.2, 0.25) is 0 Å². The summed E-state index contributed by atoms with van der Waals surface area (Å²) < 4.78 is 0. The number of anilines is 1. The fraction of sp³-hybridized carbons (Fsp3) is 0.400. The van der Waals surface area contributed by atoms with Crippen molar-refractivity contribution in [3.05, 3.63) is 62.4 Å². The lowest BCUT2D eigenvalue weighted by Gasteiger charge is -2.34. The summed E-state index contributed by atoms with van der Waals surface area (Å²) in [5.74, 6) is -0.283. The first-order valence-electron chi connectivity index (χ1n) is 9.48. The predicted octanol–water partition coefficient (Wildman–Crippen LogP) is 0.897. The number of aromatic nitrogens is 2. The zero-order valence-electron chi connectivity index (χ0n) is 15.6. The number of carbonyl (C=O) groups excluding carboxylic acids is 2. The Balaban J connectivity index is 1.68. The Bertz CT molecular complexity index is 1060. The molecule has 0 saturated carbocycles. The Morgan fingerprint density at radius 2 is 2.04 bits per heavy atom. The molecule has 8 nitrogen and oxygen atoms in total. The van der Waals surface area contributed by atoms with E-state index in [1.807, 2.05) is 31.2 Å². The largest absolute Gasteiger partial charge is 0.338 e. The smallest absolute Gasteiger partial charge is 0.325 e. The van der Waals surface area contributed by atoms with Crippen LogP contribution in [-0.2, 0) is 21.4 Å². The molecule has 1 aromatic carbocycles. The predicted molar refractivity (Wildman–Crippen MR) is 103 cm³/mol. The number of H-pyrrole nitrogens is 2. The number of para-hydroxylation sites is 1. The minimum atomic E-state index is -0.750. The van der Waals surface area contributed by atoms with Gasteiger partial charge in [-0.05, 0) is 24.5 Å². The van der Waals surface area contributed by atoms with E-state index in [2.05, 4.69) is 15.3 Å². The monoisotopic (exact) mass is 382 g/mol. The normalized spacial score (nSPS) is 23.1. The fourth-order valence-electron chi connectivity index (χ4n) is 4.61. The average molecular weight is 382 g/mol. The van der Waals surface area contributed by atoms with Gasteiger partial charge in [-0.25, -0.2) is 4.79 Å². The van der Waals surface area contributed by atoms with Gasteiger partial charge in [0, 0.05) is 24.0 Å². The number of likely N-dealkylation sites (tertiary alicyclic amines) is 1. The molecular weight excluding hydrogens is 360 g/mol. The van der Waals surface area contributed by atoms with Gasteiger partial charge in [0.15, 0.2) is 0 Å². The number of hydrogen-bond donors (Lipinski definition) is 3. The summed E-state index contributed by atoms with van der Waals surface area (Å²) in [4.78, 5) is 55.5. The van der Waals surface area contributed by atoms with Crippen LogP contribution in [0.15, 0.2) is 40.1 Å². The molecule has 0 aliphatic carbocycles. The lowest BCUT2D eigenvalue weighted by atomic mass is 9.73. The Morgan fingerprint density at radius 3 is 2.79 bits per heavy atom. The second kappa shape index (κ2) is 6.78. The first-order valence-corrected chi connectivity index (χ1v) is 9.48. The minimum Gasteiger partial charge on any atom is -0.338 e. The van der Waals surface area contributed by atoms with Crippen molar-refractivity contribution in [3.63, 3.8) is 0 Å². The Kier molecular flexibility index (Phi) is 4.41. The van der Waals surface area contributed by atoms with Crippen LogP contribution < -0.4 is 16.6 Å². The van der Waals surface area contributed by atoms with Crippen LogP contribution in [-0.4, -0.2) is 39.3 Å². The third-order valence-electron chi connectivity index (χ3n) is 5.87. The number of rotatable bonds is 4. The van der Waals surface area contributed by atoms with E-state index in [-0.39, 0.29) is 29.8 Å². The molecule has 146 valence electrons. The molecule has 1 saturated heterocycles.